The van der Waals surface area contributed by atoms with E-state index in [0.29, 0.717) is 17.2 Å². The minimum Gasteiger partial charge on any atom is -0.493 e. The van der Waals surface area contributed by atoms with E-state index in [1.165, 1.54) is 11.1 Å². The van der Waals surface area contributed by atoms with Gasteiger partial charge in [0.15, 0.2) is 11.5 Å². The molecule has 7 nitrogen and oxygen atoms in total. The Morgan fingerprint density at radius 2 is 1.58 bits per heavy atom. The standard InChI is InChI=1S/C26H28N4O3/c1-4-30-22-8-6-5-7-21(22)29-25(30)16-11-18-9-12-19(13-10-18)27-26(31)28-20-14-15-23(32-2)24(17-20)33-3/h5-10,12-15,17H,4,11,16H2,1-3H3,(H2,27,28,31). The molecule has 4 aromatic rings. The summed E-state index contributed by atoms with van der Waals surface area (Å²) in [7, 11) is 3.13. The summed E-state index contributed by atoms with van der Waals surface area (Å²) in [6.07, 6.45) is 1.73. The zero-order chi connectivity index (χ0) is 23.2. The second-order valence-electron chi connectivity index (χ2n) is 7.61. The number of hydrogen-bond acceptors (Lipinski definition) is 4. The molecule has 0 saturated heterocycles. The molecule has 0 bridgehead atoms. The van der Waals surface area contributed by atoms with Crippen molar-refractivity contribution in [1.82, 2.24) is 9.55 Å². The lowest BCUT2D eigenvalue weighted by molar-refractivity contribution is 0.262. The predicted octanol–water partition coefficient (Wildman–Crippen LogP) is 5.50. The van der Waals surface area contributed by atoms with Crippen molar-refractivity contribution in [2.24, 2.45) is 0 Å². The molecule has 4 rings (SSSR count). The van der Waals surface area contributed by atoms with Gasteiger partial charge >= 0.3 is 6.03 Å². The third-order valence-electron chi connectivity index (χ3n) is 5.54. The number of imidazole rings is 1. The van der Waals surface area contributed by atoms with Crippen LogP contribution in [0.3, 0.4) is 0 Å². The monoisotopic (exact) mass is 444 g/mol. The van der Waals surface area contributed by atoms with Crippen LogP contribution in [0.1, 0.15) is 18.3 Å². The zero-order valence-electron chi connectivity index (χ0n) is 19.1. The van der Waals surface area contributed by atoms with Gasteiger partial charge in [0.2, 0.25) is 0 Å². The Morgan fingerprint density at radius 3 is 2.30 bits per heavy atom. The van der Waals surface area contributed by atoms with E-state index < -0.39 is 0 Å². The van der Waals surface area contributed by atoms with Crippen LogP contribution in [-0.2, 0) is 19.4 Å². The van der Waals surface area contributed by atoms with Crippen LogP contribution in [0.4, 0.5) is 16.2 Å². The average molecular weight is 445 g/mol. The number of fused-ring (bicyclic) bond motifs is 1. The molecule has 0 fully saturated rings. The van der Waals surface area contributed by atoms with Gasteiger partial charge in [0.05, 0.1) is 25.3 Å². The number of methoxy groups -OCH3 is 2. The molecule has 0 spiro atoms. The summed E-state index contributed by atoms with van der Waals surface area (Å²) in [6.45, 7) is 3.04. The first-order valence-corrected chi connectivity index (χ1v) is 10.9. The van der Waals surface area contributed by atoms with Crippen molar-refractivity contribution < 1.29 is 14.3 Å². The molecule has 1 aromatic heterocycles. The first kappa shape index (κ1) is 22.2. The molecule has 2 N–H and O–H groups in total. The van der Waals surface area contributed by atoms with Crippen molar-refractivity contribution >= 4 is 28.4 Å². The van der Waals surface area contributed by atoms with E-state index in [2.05, 4.69) is 34.3 Å². The number of amides is 2. The molecule has 0 aliphatic carbocycles. The highest BCUT2D eigenvalue weighted by Crippen LogP contribution is 2.29. The van der Waals surface area contributed by atoms with Gasteiger partial charge in [-0.25, -0.2) is 9.78 Å². The van der Waals surface area contributed by atoms with E-state index in [9.17, 15) is 4.79 Å². The Hall–Kier alpha value is -4.00. The number of carbonyl (C=O) groups excluding carboxylic acids is 1. The van der Waals surface area contributed by atoms with E-state index in [1.807, 2.05) is 36.4 Å². The number of para-hydroxylation sites is 2. The summed E-state index contributed by atoms with van der Waals surface area (Å²) in [4.78, 5) is 17.2. The quantitative estimate of drug-likeness (QED) is 0.376. The fourth-order valence-electron chi connectivity index (χ4n) is 3.89. The Kier molecular flexibility index (Phi) is 6.78. The van der Waals surface area contributed by atoms with Crippen LogP contribution in [-0.4, -0.2) is 29.8 Å². The normalized spacial score (nSPS) is 10.8. The Labute approximate surface area is 193 Å². The van der Waals surface area contributed by atoms with Gasteiger partial charge in [-0.05, 0) is 55.3 Å². The number of ether oxygens (including phenoxy) is 2. The highest BCUT2D eigenvalue weighted by molar-refractivity contribution is 5.99. The number of hydrogen-bond donors (Lipinski definition) is 2. The molecular weight excluding hydrogens is 416 g/mol. The number of nitrogens with one attached hydrogen (secondary N) is 2. The predicted molar refractivity (Wildman–Crippen MR) is 131 cm³/mol. The van der Waals surface area contributed by atoms with E-state index >= 15 is 0 Å². The molecular formula is C26H28N4O3. The van der Waals surface area contributed by atoms with Gasteiger partial charge in [-0.3, -0.25) is 0 Å². The first-order chi connectivity index (χ1) is 16.1. The molecule has 0 saturated carbocycles. The van der Waals surface area contributed by atoms with Crippen molar-refractivity contribution in [1.29, 1.82) is 0 Å². The van der Waals surface area contributed by atoms with Gasteiger partial charge < -0.3 is 24.7 Å². The van der Waals surface area contributed by atoms with Crippen LogP contribution in [0, 0.1) is 0 Å². The van der Waals surface area contributed by atoms with Crippen LogP contribution < -0.4 is 20.1 Å². The second-order valence-corrected chi connectivity index (χ2v) is 7.61. The summed E-state index contributed by atoms with van der Waals surface area (Å²) in [6, 6.07) is 21.0. The second kappa shape index (κ2) is 10.1. The molecule has 7 heteroatoms. The maximum atomic E-state index is 12.4. The topological polar surface area (TPSA) is 77.4 Å². The lowest BCUT2D eigenvalue weighted by Gasteiger charge is -2.11. The van der Waals surface area contributed by atoms with E-state index in [1.54, 1.807) is 32.4 Å². The summed E-state index contributed by atoms with van der Waals surface area (Å²) < 4.78 is 12.8. The molecule has 33 heavy (non-hydrogen) atoms. The molecule has 0 aliphatic rings. The summed E-state index contributed by atoms with van der Waals surface area (Å²) >= 11 is 0. The van der Waals surface area contributed by atoms with Gasteiger partial charge in [-0.15, -0.1) is 0 Å². The minimum absolute atomic E-state index is 0.327. The van der Waals surface area contributed by atoms with Crippen molar-refractivity contribution in [3.63, 3.8) is 0 Å². The number of aryl methyl sites for hydroxylation is 3. The fourth-order valence-corrected chi connectivity index (χ4v) is 3.89. The molecule has 0 aliphatic heterocycles. The molecule has 0 unspecified atom stereocenters. The summed E-state index contributed by atoms with van der Waals surface area (Å²) in [5, 5.41) is 5.66. The molecule has 0 atom stereocenters. The third-order valence-corrected chi connectivity index (χ3v) is 5.54. The van der Waals surface area contributed by atoms with Crippen LogP contribution in [0.5, 0.6) is 11.5 Å². The van der Waals surface area contributed by atoms with Gasteiger partial charge in [0, 0.05) is 30.4 Å². The number of benzene rings is 3. The van der Waals surface area contributed by atoms with Crippen LogP contribution in [0.25, 0.3) is 11.0 Å². The maximum absolute atomic E-state index is 12.4. The third kappa shape index (κ3) is 5.09. The van der Waals surface area contributed by atoms with E-state index in [0.717, 1.165) is 36.4 Å². The van der Waals surface area contributed by atoms with Gasteiger partial charge in [0.25, 0.3) is 0 Å². The number of rotatable bonds is 8. The van der Waals surface area contributed by atoms with Crippen molar-refractivity contribution in [2.75, 3.05) is 24.9 Å². The zero-order valence-corrected chi connectivity index (χ0v) is 19.1. The van der Waals surface area contributed by atoms with E-state index in [-0.39, 0.29) is 6.03 Å². The fraction of sp³-hybridized carbons (Fsp3) is 0.231. The first-order valence-electron chi connectivity index (χ1n) is 10.9. The van der Waals surface area contributed by atoms with Gasteiger partial charge in [0.1, 0.15) is 5.82 Å². The summed E-state index contributed by atoms with van der Waals surface area (Å²) in [5.41, 5.74) is 4.73. The Morgan fingerprint density at radius 1 is 0.879 bits per heavy atom. The lowest BCUT2D eigenvalue weighted by atomic mass is 10.1. The number of nitrogens with zero attached hydrogens (tertiary/aromatic N) is 2. The Balaban J connectivity index is 1.35. The number of carbonyl (C=O) groups is 1. The van der Waals surface area contributed by atoms with Crippen LogP contribution in [0.15, 0.2) is 66.7 Å². The molecule has 2 amide bonds. The number of urea groups is 1. The van der Waals surface area contributed by atoms with Crippen LogP contribution in [0.2, 0.25) is 0 Å². The number of anilines is 2. The van der Waals surface area contributed by atoms with Crippen molar-refractivity contribution in [2.45, 2.75) is 26.3 Å². The molecule has 3 aromatic carbocycles. The lowest BCUT2D eigenvalue weighted by Crippen LogP contribution is -2.19. The summed E-state index contributed by atoms with van der Waals surface area (Å²) in [5.74, 6) is 2.25. The highest BCUT2D eigenvalue weighted by Gasteiger charge is 2.10. The van der Waals surface area contributed by atoms with Gasteiger partial charge in [-0.1, -0.05) is 24.3 Å². The Bertz CT molecular complexity index is 1250. The van der Waals surface area contributed by atoms with Gasteiger partial charge in [-0.2, -0.15) is 0 Å². The minimum atomic E-state index is -0.327. The molecule has 0 radical (unpaired) electrons. The van der Waals surface area contributed by atoms with Crippen LogP contribution >= 0.6 is 0 Å². The van der Waals surface area contributed by atoms with Crippen molar-refractivity contribution in [3.05, 3.63) is 78.1 Å². The highest BCUT2D eigenvalue weighted by atomic mass is 16.5. The largest absolute Gasteiger partial charge is 0.493 e. The number of aromatic nitrogens is 2. The van der Waals surface area contributed by atoms with Crippen molar-refractivity contribution in [3.8, 4) is 11.5 Å². The molecule has 1 heterocycles. The molecule has 170 valence electrons. The average Bonchev–Trinajstić information content (AvgIpc) is 3.21. The van der Waals surface area contributed by atoms with E-state index in [4.69, 9.17) is 14.5 Å². The maximum Gasteiger partial charge on any atom is 0.323 e. The SMILES string of the molecule is CCn1c(CCc2ccc(NC(=O)Nc3ccc(OC)c(OC)c3)cc2)nc2ccccc21. The smallest absolute Gasteiger partial charge is 0.323 e.